The highest BCUT2D eigenvalue weighted by molar-refractivity contribution is 5.89. The van der Waals surface area contributed by atoms with E-state index in [4.69, 9.17) is 0 Å². The molecule has 0 saturated carbocycles. The molecule has 82 valence electrons. The van der Waals surface area contributed by atoms with Crippen molar-refractivity contribution in [1.82, 2.24) is 19.9 Å². The van der Waals surface area contributed by atoms with Gasteiger partial charge in [-0.1, -0.05) is 0 Å². The van der Waals surface area contributed by atoms with Crippen molar-refractivity contribution in [2.24, 2.45) is 0 Å². The molecule has 1 aliphatic heterocycles. The molecule has 0 spiro atoms. The van der Waals surface area contributed by atoms with Crippen LogP contribution in [0.1, 0.15) is 12.8 Å². The van der Waals surface area contributed by atoms with E-state index in [2.05, 4.69) is 19.9 Å². The Morgan fingerprint density at radius 3 is 3.12 bits per heavy atom. The number of nitrogens with zero attached hydrogens (tertiary/aromatic N) is 4. The van der Waals surface area contributed by atoms with Crippen LogP contribution in [0.2, 0.25) is 0 Å². The summed E-state index contributed by atoms with van der Waals surface area (Å²) in [7, 11) is 0. The zero-order chi connectivity index (χ0) is 11.0. The normalized spacial score (nSPS) is 17.0. The number of fused-ring (bicyclic) bond motifs is 1. The molecular weight excluding hydrogens is 206 g/mol. The van der Waals surface area contributed by atoms with E-state index in [9.17, 15) is 4.79 Å². The Kier molecular flexibility index (Phi) is 2.05. The van der Waals surface area contributed by atoms with Gasteiger partial charge in [0.25, 0.3) is 0 Å². The summed E-state index contributed by atoms with van der Waals surface area (Å²) in [4.78, 5) is 28.8. The van der Waals surface area contributed by atoms with Crippen molar-refractivity contribution in [3.8, 4) is 0 Å². The smallest absolute Gasteiger partial charge is 0.182 e. The van der Waals surface area contributed by atoms with Crippen molar-refractivity contribution in [3.63, 3.8) is 0 Å². The van der Waals surface area contributed by atoms with E-state index in [-0.39, 0.29) is 5.78 Å². The molecule has 0 unspecified atom stereocenters. The average Bonchev–Trinajstić information content (AvgIpc) is 2.76. The Hall–Kier alpha value is -1.98. The molecule has 1 fully saturated rings. The third kappa shape index (κ3) is 1.42. The van der Waals surface area contributed by atoms with E-state index in [0.29, 0.717) is 18.6 Å². The van der Waals surface area contributed by atoms with Crippen molar-refractivity contribution in [3.05, 3.63) is 12.7 Å². The highest BCUT2D eigenvalue weighted by Crippen LogP contribution is 2.21. The second-order valence-corrected chi connectivity index (χ2v) is 3.86. The number of rotatable bonds is 1. The lowest BCUT2D eigenvalue weighted by Crippen LogP contribution is -2.36. The summed E-state index contributed by atoms with van der Waals surface area (Å²) in [6, 6.07) is 0. The summed E-state index contributed by atoms with van der Waals surface area (Å²) in [5, 5.41) is 0. The van der Waals surface area contributed by atoms with E-state index in [1.807, 2.05) is 4.90 Å². The molecule has 1 saturated heterocycles. The topological polar surface area (TPSA) is 74.8 Å². The number of carbonyl (C=O) groups is 1. The summed E-state index contributed by atoms with van der Waals surface area (Å²) in [5.41, 5.74) is 1.44. The van der Waals surface area contributed by atoms with Crippen LogP contribution in [0, 0.1) is 0 Å². The van der Waals surface area contributed by atoms with E-state index in [0.717, 1.165) is 24.3 Å². The van der Waals surface area contributed by atoms with Crippen LogP contribution in [-0.2, 0) is 4.79 Å². The predicted molar refractivity (Wildman–Crippen MR) is 58.1 cm³/mol. The highest BCUT2D eigenvalue weighted by atomic mass is 16.1. The third-order valence-corrected chi connectivity index (χ3v) is 2.75. The fourth-order valence-electron chi connectivity index (χ4n) is 2.01. The van der Waals surface area contributed by atoms with Crippen LogP contribution in [-0.4, -0.2) is 38.8 Å². The summed E-state index contributed by atoms with van der Waals surface area (Å²) in [5.74, 6) is 1.04. The zero-order valence-corrected chi connectivity index (χ0v) is 8.68. The minimum Gasteiger partial charge on any atom is -0.347 e. The molecule has 1 N–H and O–H groups in total. The van der Waals surface area contributed by atoms with Gasteiger partial charge in [-0.05, 0) is 6.42 Å². The Balaban J connectivity index is 2.04. The minimum atomic E-state index is 0.262. The Bertz CT molecular complexity index is 535. The molecule has 0 radical (unpaired) electrons. The number of aromatic nitrogens is 4. The lowest BCUT2D eigenvalue weighted by atomic mass is 10.1. The number of carbonyl (C=O) groups excluding carboxylic acids is 1. The van der Waals surface area contributed by atoms with Gasteiger partial charge in [0.2, 0.25) is 0 Å². The number of ketones is 1. The first-order valence-electron chi connectivity index (χ1n) is 5.25. The van der Waals surface area contributed by atoms with Gasteiger partial charge in [-0.2, -0.15) is 0 Å². The van der Waals surface area contributed by atoms with Crippen molar-refractivity contribution in [1.29, 1.82) is 0 Å². The first-order valence-corrected chi connectivity index (χ1v) is 5.25. The fraction of sp³-hybridized carbons (Fsp3) is 0.400. The summed E-state index contributed by atoms with van der Waals surface area (Å²) in [6.45, 7) is 1.29. The molecule has 3 rings (SSSR count). The van der Waals surface area contributed by atoms with Gasteiger partial charge in [-0.15, -0.1) is 0 Å². The van der Waals surface area contributed by atoms with Crippen molar-refractivity contribution in [2.45, 2.75) is 12.8 Å². The van der Waals surface area contributed by atoms with Crippen LogP contribution in [0.4, 0.5) is 5.82 Å². The molecule has 0 aromatic carbocycles. The van der Waals surface area contributed by atoms with Gasteiger partial charge in [-0.25, -0.2) is 15.0 Å². The molecule has 3 heterocycles. The molecule has 0 aliphatic carbocycles. The Morgan fingerprint density at radius 2 is 2.25 bits per heavy atom. The molecule has 16 heavy (non-hydrogen) atoms. The van der Waals surface area contributed by atoms with Crippen LogP contribution in [0.25, 0.3) is 11.2 Å². The fourth-order valence-corrected chi connectivity index (χ4v) is 2.01. The second-order valence-electron chi connectivity index (χ2n) is 3.86. The number of hydrogen-bond acceptors (Lipinski definition) is 5. The van der Waals surface area contributed by atoms with Crippen molar-refractivity contribution >= 4 is 22.8 Å². The first kappa shape index (κ1) is 9.26. The quantitative estimate of drug-likeness (QED) is 0.753. The molecule has 0 atom stereocenters. The van der Waals surface area contributed by atoms with Gasteiger partial charge in [-0.3, -0.25) is 4.79 Å². The van der Waals surface area contributed by atoms with Gasteiger partial charge >= 0.3 is 0 Å². The number of Topliss-reactive ketones (excluding diaryl/α,β-unsaturated/α-hetero) is 1. The van der Waals surface area contributed by atoms with Crippen molar-refractivity contribution < 1.29 is 4.79 Å². The largest absolute Gasteiger partial charge is 0.347 e. The lowest BCUT2D eigenvalue weighted by Gasteiger charge is -2.26. The Morgan fingerprint density at radius 1 is 1.31 bits per heavy atom. The van der Waals surface area contributed by atoms with E-state index < -0.39 is 0 Å². The Labute approximate surface area is 91.7 Å². The number of anilines is 1. The monoisotopic (exact) mass is 217 g/mol. The van der Waals surface area contributed by atoms with Gasteiger partial charge in [0.1, 0.15) is 11.8 Å². The molecule has 0 bridgehead atoms. The third-order valence-electron chi connectivity index (χ3n) is 2.75. The number of hydrogen-bond donors (Lipinski definition) is 1. The van der Waals surface area contributed by atoms with E-state index in [1.54, 1.807) is 6.33 Å². The van der Waals surface area contributed by atoms with Crippen LogP contribution < -0.4 is 4.90 Å². The maximum absolute atomic E-state index is 11.4. The summed E-state index contributed by atoms with van der Waals surface area (Å²) >= 11 is 0. The van der Waals surface area contributed by atoms with Crippen molar-refractivity contribution in [2.75, 3.05) is 18.0 Å². The number of nitrogens with one attached hydrogen (secondary N) is 1. The van der Waals surface area contributed by atoms with Gasteiger partial charge in [0.05, 0.1) is 12.9 Å². The number of aromatic amines is 1. The molecular formula is C10H11N5O. The van der Waals surface area contributed by atoms with Gasteiger partial charge in [0, 0.05) is 13.0 Å². The molecule has 1 aliphatic rings. The molecule has 6 heteroatoms. The van der Waals surface area contributed by atoms with Crippen LogP contribution in [0.3, 0.4) is 0 Å². The average molecular weight is 217 g/mol. The lowest BCUT2D eigenvalue weighted by molar-refractivity contribution is -0.118. The standard InChI is InChI=1S/C10H11N5O/c16-7-2-1-3-15(4-7)10-8-9(12-5-11-8)13-6-14-10/h5-6H,1-4H2,(H,11,12,13,14). The zero-order valence-electron chi connectivity index (χ0n) is 8.68. The van der Waals surface area contributed by atoms with E-state index >= 15 is 0 Å². The predicted octanol–water partition coefficient (Wildman–Crippen LogP) is 0.522. The number of H-pyrrole nitrogens is 1. The summed E-state index contributed by atoms with van der Waals surface area (Å²) in [6.07, 6.45) is 4.64. The maximum atomic E-state index is 11.4. The molecule has 2 aromatic heterocycles. The van der Waals surface area contributed by atoms with Crippen LogP contribution >= 0.6 is 0 Å². The second kappa shape index (κ2) is 3.55. The summed E-state index contributed by atoms with van der Waals surface area (Å²) < 4.78 is 0. The van der Waals surface area contributed by atoms with Crippen LogP contribution in [0.15, 0.2) is 12.7 Å². The minimum absolute atomic E-state index is 0.262. The van der Waals surface area contributed by atoms with Gasteiger partial charge in [0.15, 0.2) is 17.2 Å². The van der Waals surface area contributed by atoms with Crippen LogP contribution in [0.5, 0.6) is 0 Å². The molecule has 6 nitrogen and oxygen atoms in total. The maximum Gasteiger partial charge on any atom is 0.182 e. The first-order chi connectivity index (χ1) is 7.84. The molecule has 0 amide bonds. The highest BCUT2D eigenvalue weighted by Gasteiger charge is 2.20. The number of imidazole rings is 1. The SMILES string of the molecule is O=C1CCCN(c2ncnc3nc[nH]c23)C1. The van der Waals surface area contributed by atoms with Gasteiger partial charge < -0.3 is 9.88 Å². The molecule has 2 aromatic rings. The van der Waals surface area contributed by atoms with E-state index in [1.165, 1.54) is 6.33 Å². The number of piperidine rings is 1.